The van der Waals surface area contributed by atoms with Crippen LogP contribution in [0.25, 0.3) is 102 Å². The third kappa shape index (κ3) is 6.19. The molecule has 0 radical (unpaired) electrons. The fourth-order valence-corrected chi connectivity index (χ4v) is 9.00. The first-order valence-electron chi connectivity index (χ1n) is 19.3. The van der Waals surface area contributed by atoms with Crippen molar-refractivity contribution >= 4 is 45.9 Å². The van der Waals surface area contributed by atoms with Crippen LogP contribution in [-0.4, -0.2) is 15.0 Å². The minimum Gasteiger partial charge on any atom is -0.456 e. The number of furan rings is 1. The lowest BCUT2D eigenvalue weighted by molar-refractivity contribution is 0.669. The van der Waals surface area contributed by atoms with Crippen molar-refractivity contribution in [3.63, 3.8) is 0 Å². The number of rotatable bonds is 4. The van der Waals surface area contributed by atoms with E-state index < -0.39 is 0 Å². The van der Waals surface area contributed by atoms with Crippen molar-refractivity contribution in [2.24, 2.45) is 0 Å². The number of nitrogens with zero attached hydrogens (tertiary/aromatic N) is 3. The predicted molar refractivity (Wildman–Crippen MR) is 239 cm³/mol. The number of benzene rings is 8. The minimum atomic E-state index is 0.604. The van der Waals surface area contributed by atoms with Gasteiger partial charge >= 0.3 is 0 Å². The molecule has 0 saturated heterocycles. The number of fused-ring (bicyclic) bond motifs is 9. The SMILES string of the molecule is C1=C\c2ccc(-c3nc(-c4ccccc4)nc(-c4ccc(-c5ccccc5)cc4)n3)cc2-c2cc3oc4ccccc4c3cc2Sc2ccccc2-c2ccccc2/1. The Morgan fingerprint density at radius 1 is 0.328 bits per heavy atom. The molecule has 3 heterocycles. The Balaban J connectivity index is 1.13. The highest BCUT2D eigenvalue weighted by Crippen LogP contribution is 2.46. The Morgan fingerprint density at radius 2 is 0.879 bits per heavy atom. The molecule has 1 aliphatic rings. The molecule has 0 aliphatic carbocycles. The first-order valence-corrected chi connectivity index (χ1v) is 20.2. The normalized spacial score (nSPS) is 12.6. The van der Waals surface area contributed by atoms with Crippen molar-refractivity contribution in [3.05, 3.63) is 199 Å². The molecule has 0 fully saturated rings. The lowest BCUT2D eigenvalue weighted by Crippen LogP contribution is -2.00. The lowest BCUT2D eigenvalue weighted by Gasteiger charge is -2.16. The second-order valence-corrected chi connectivity index (χ2v) is 15.5. The van der Waals surface area contributed by atoms with Crippen LogP contribution in [0.3, 0.4) is 0 Å². The summed E-state index contributed by atoms with van der Waals surface area (Å²) >= 11 is 1.79. The molecule has 0 saturated carbocycles. The number of para-hydroxylation sites is 1. The summed E-state index contributed by atoms with van der Waals surface area (Å²) in [5.41, 5.74) is 13.5. The summed E-state index contributed by atoms with van der Waals surface area (Å²) < 4.78 is 6.53. The van der Waals surface area contributed by atoms with Gasteiger partial charge in [0, 0.05) is 37.3 Å². The second kappa shape index (κ2) is 14.3. The van der Waals surface area contributed by atoms with Gasteiger partial charge < -0.3 is 4.42 Å². The van der Waals surface area contributed by atoms with E-state index in [2.05, 4.69) is 152 Å². The molecule has 4 nitrogen and oxygen atoms in total. The smallest absolute Gasteiger partial charge is 0.164 e. The van der Waals surface area contributed by atoms with Crippen molar-refractivity contribution in [1.29, 1.82) is 0 Å². The van der Waals surface area contributed by atoms with Gasteiger partial charge in [-0.25, -0.2) is 15.0 Å². The third-order valence-electron chi connectivity index (χ3n) is 10.8. The van der Waals surface area contributed by atoms with E-state index in [9.17, 15) is 0 Å². The molecular weight excluding hydrogens is 727 g/mol. The predicted octanol–water partition coefficient (Wildman–Crippen LogP) is 14.4. The molecule has 1 aliphatic heterocycles. The van der Waals surface area contributed by atoms with E-state index in [0.717, 1.165) is 76.9 Å². The maximum absolute atomic E-state index is 6.53. The highest BCUT2D eigenvalue weighted by Gasteiger charge is 2.21. The average molecular weight is 760 g/mol. The molecule has 58 heavy (non-hydrogen) atoms. The van der Waals surface area contributed by atoms with Gasteiger partial charge in [-0.2, -0.15) is 0 Å². The molecule has 8 aromatic carbocycles. The van der Waals surface area contributed by atoms with Crippen molar-refractivity contribution in [2.75, 3.05) is 0 Å². The maximum atomic E-state index is 6.53. The van der Waals surface area contributed by atoms with Crippen LogP contribution < -0.4 is 0 Å². The zero-order valence-corrected chi connectivity index (χ0v) is 32.0. The van der Waals surface area contributed by atoms with E-state index in [-0.39, 0.29) is 0 Å². The highest BCUT2D eigenvalue weighted by atomic mass is 32.2. The van der Waals surface area contributed by atoms with E-state index >= 15 is 0 Å². The van der Waals surface area contributed by atoms with Crippen LogP contribution in [0.1, 0.15) is 11.1 Å². The number of hydrogen-bond acceptors (Lipinski definition) is 5. The lowest BCUT2D eigenvalue weighted by atomic mass is 9.94. The largest absolute Gasteiger partial charge is 0.456 e. The van der Waals surface area contributed by atoms with Crippen molar-refractivity contribution in [3.8, 4) is 67.5 Å². The van der Waals surface area contributed by atoms with Gasteiger partial charge in [0.05, 0.1) is 0 Å². The van der Waals surface area contributed by atoms with E-state index in [1.54, 1.807) is 11.8 Å². The third-order valence-corrected chi connectivity index (χ3v) is 11.9. The summed E-state index contributed by atoms with van der Waals surface area (Å²) in [6.07, 6.45) is 4.46. The quantitative estimate of drug-likeness (QED) is 0.179. The van der Waals surface area contributed by atoms with Gasteiger partial charge in [-0.15, -0.1) is 0 Å². The van der Waals surface area contributed by atoms with E-state index in [0.29, 0.717) is 17.5 Å². The monoisotopic (exact) mass is 759 g/mol. The van der Waals surface area contributed by atoms with Crippen LogP contribution in [0.2, 0.25) is 0 Å². The van der Waals surface area contributed by atoms with Crippen molar-refractivity contribution < 1.29 is 4.42 Å². The van der Waals surface area contributed by atoms with Crippen LogP contribution >= 0.6 is 11.8 Å². The van der Waals surface area contributed by atoms with Gasteiger partial charge in [-0.05, 0) is 74.8 Å². The summed E-state index contributed by atoms with van der Waals surface area (Å²) in [6.45, 7) is 0. The highest BCUT2D eigenvalue weighted by molar-refractivity contribution is 7.99. The average Bonchev–Trinajstić information content (AvgIpc) is 3.65. The van der Waals surface area contributed by atoms with Crippen LogP contribution in [0.5, 0.6) is 0 Å². The Labute approximate surface area is 340 Å². The molecule has 5 heteroatoms. The molecule has 272 valence electrons. The zero-order chi connectivity index (χ0) is 38.4. The van der Waals surface area contributed by atoms with E-state index in [1.165, 1.54) is 16.0 Å². The standard InChI is InChI=1S/C53H33N3OS/c1-3-13-34(14-4-1)35-23-28-39(29-24-35)52-54-51(38-16-5-2-6-17-38)55-53(56-52)40-30-27-37-26-25-36-15-7-8-18-41(36)43-20-10-12-22-49(43)58-50-33-45-42-19-9-11-21-47(42)57-48(45)32-46(50)44(37)31-40/h1-33H/b26-25-. The molecule has 10 aromatic rings. The van der Waals surface area contributed by atoms with E-state index in [1.807, 2.05) is 48.5 Å². The van der Waals surface area contributed by atoms with Gasteiger partial charge in [0.1, 0.15) is 11.2 Å². The van der Waals surface area contributed by atoms with Crippen LogP contribution in [0.4, 0.5) is 0 Å². The summed E-state index contributed by atoms with van der Waals surface area (Å²) in [6, 6.07) is 65.7. The molecule has 2 aromatic heterocycles. The second-order valence-electron chi connectivity index (χ2n) is 14.4. The van der Waals surface area contributed by atoms with Crippen molar-refractivity contribution in [1.82, 2.24) is 15.0 Å². The first-order chi connectivity index (χ1) is 28.7. The molecule has 0 unspecified atom stereocenters. The Morgan fingerprint density at radius 3 is 1.66 bits per heavy atom. The Hall–Kier alpha value is -7.34. The fourth-order valence-electron chi connectivity index (χ4n) is 7.88. The van der Waals surface area contributed by atoms with E-state index in [4.69, 9.17) is 19.4 Å². The van der Waals surface area contributed by atoms with Crippen LogP contribution in [-0.2, 0) is 0 Å². The Kier molecular flexibility index (Phi) is 8.37. The maximum Gasteiger partial charge on any atom is 0.164 e. The molecular formula is C53H33N3OS. The number of hydrogen-bond donors (Lipinski definition) is 0. The van der Waals surface area contributed by atoms with Gasteiger partial charge in [0.15, 0.2) is 17.5 Å². The zero-order valence-electron chi connectivity index (χ0n) is 31.2. The summed E-state index contributed by atoms with van der Waals surface area (Å²) in [5, 5.41) is 2.20. The first kappa shape index (κ1) is 34.0. The van der Waals surface area contributed by atoms with Crippen molar-refractivity contribution in [2.45, 2.75) is 9.79 Å². The van der Waals surface area contributed by atoms with Crippen LogP contribution in [0.15, 0.2) is 202 Å². The molecule has 0 amide bonds. The Bertz CT molecular complexity index is 3190. The van der Waals surface area contributed by atoms with Gasteiger partial charge in [0.2, 0.25) is 0 Å². The topological polar surface area (TPSA) is 51.8 Å². The van der Waals surface area contributed by atoms with Gasteiger partial charge in [0.25, 0.3) is 0 Å². The number of aromatic nitrogens is 3. The summed E-state index contributed by atoms with van der Waals surface area (Å²) in [4.78, 5) is 17.7. The molecule has 0 N–H and O–H groups in total. The van der Waals surface area contributed by atoms with Gasteiger partial charge in [-0.3, -0.25) is 0 Å². The van der Waals surface area contributed by atoms with Gasteiger partial charge in [-0.1, -0.05) is 182 Å². The minimum absolute atomic E-state index is 0.604. The fraction of sp³-hybridized carbons (Fsp3) is 0. The summed E-state index contributed by atoms with van der Waals surface area (Å²) in [7, 11) is 0. The molecule has 11 rings (SSSR count). The summed E-state index contributed by atoms with van der Waals surface area (Å²) in [5.74, 6) is 1.84. The molecule has 0 atom stereocenters. The molecule has 0 bridgehead atoms. The van der Waals surface area contributed by atoms with Crippen LogP contribution in [0, 0.1) is 0 Å². The molecule has 0 spiro atoms.